The number of hydrogen-bond donors (Lipinski definition) is 2. The highest BCUT2D eigenvalue weighted by molar-refractivity contribution is 5.81. The zero-order valence-electron chi connectivity index (χ0n) is 20.5. The first kappa shape index (κ1) is 27.9. The normalized spacial score (nSPS) is 20.7. The molecule has 3 amide bonds. The summed E-state index contributed by atoms with van der Waals surface area (Å²) in [5, 5.41) is 2.41. The first-order chi connectivity index (χ1) is 15.1. The van der Waals surface area contributed by atoms with Gasteiger partial charge in [-0.25, -0.2) is 0 Å². The minimum absolute atomic E-state index is 0.0311. The van der Waals surface area contributed by atoms with Crippen LogP contribution in [-0.2, 0) is 23.9 Å². The molecule has 0 bridgehead atoms. The number of likely N-dealkylation sites (tertiary alicyclic amines) is 1. The number of amides is 3. The van der Waals surface area contributed by atoms with E-state index in [4.69, 9.17) is 15.2 Å². The fourth-order valence-corrected chi connectivity index (χ4v) is 4.64. The van der Waals surface area contributed by atoms with Crippen LogP contribution in [0.3, 0.4) is 0 Å². The van der Waals surface area contributed by atoms with E-state index in [1.54, 1.807) is 26.2 Å². The number of carbonyl (C=O) groups is 3. The van der Waals surface area contributed by atoms with Crippen molar-refractivity contribution in [2.45, 2.75) is 70.7 Å². The molecule has 0 radical (unpaired) electrons. The second kappa shape index (κ2) is 13.4. The van der Waals surface area contributed by atoms with Gasteiger partial charge in [-0.1, -0.05) is 33.8 Å². The Kier molecular flexibility index (Phi) is 11.7. The molecule has 0 aromatic carbocycles. The molecule has 0 aromatic rings. The van der Waals surface area contributed by atoms with Crippen molar-refractivity contribution in [3.8, 4) is 0 Å². The van der Waals surface area contributed by atoms with Gasteiger partial charge in [0.2, 0.25) is 18.2 Å². The third kappa shape index (κ3) is 6.93. The Morgan fingerprint density at radius 1 is 1.31 bits per heavy atom. The molecular weight excluding hydrogens is 412 g/mol. The van der Waals surface area contributed by atoms with Crippen LogP contribution in [0.1, 0.15) is 46.5 Å². The molecule has 1 aliphatic rings. The lowest BCUT2D eigenvalue weighted by molar-refractivity contribution is -0.144. The molecule has 0 aliphatic carbocycles. The summed E-state index contributed by atoms with van der Waals surface area (Å²) in [6, 6.07) is -0.393. The maximum absolute atomic E-state index is 13.4. The van der Waals surface area contributed by atoms with Crippen LogP contribution >= 0.6 is 0 Å². The molecule has 184 valence electrons. The number of carbonyl (C=O) groups excluding carboxylic acids is 3. The quantitative estimate of drug-likeness (QED) is 0.380. The van der Waals surface area contributed by atoms with Crippen LogP contribution in [0.15, 0.2) is 12.3 Å². The summed E-state index contributed by atoms with van der Waals surface area (Å²) in [7, 11) is 4.89. The van der Waals surface area contributed by atoms with Gasteiger partial charge in [0.25, 0.3) is 0 Å². The summed E-state index contributed by atoms with van der Waals surface area (Å²) >= 11 is 0. The van der Waals surface area contributed by atoms with Crippen LogP contribution in [0.2, 0.25) is 0 Å². The first-order valence-electron chi connectivity index (χ1n) is 11.4. The van der Waals surface area contributed by atoms with E-state index in [0.29, 0.717) is 18.7 Å². The average Bonchev–Trinajstić information content (AvgIpc) is 3.26. The van der Waals surface area contributed by atoms with Crippen molar-refractivity contribution in [3.05, 3.63) is 12.3 Å². The van der Waals surface area contributed by atoms with E-state index in [-0.39, 0.29) is 54.8 Å². The SMILES string of the molecule is C=C(N)C(C)C(OC)C1CCCN1C(=O)CC(OC)C(C(C)CC)N(C)C(=O)CNC=O. The maximum atomic E-state index is 13.4. The summed E-state index contributed by atoms with van der Waals surface area (Å²) in [5.41, 5.74) is 6.46. The third-order valence-electron chi connectivity index (χ3n) is 6.81. The van der Waals surface area contributed by atoms with E-state index >= 15 is 0 Å². The largest absolute Gasteiger partial charge is 0.402 e. The minimum Gasteiger partial charge on any atom is -0.402 e. The van der Waals surface area contributed by atoms with E-state index in [9.17, 15) is 14.4 Å². The van der Waals surface area contributed by atoms with Crippen molar-refractivity contribution >= 4 is 18.2 Å². The minimum atomic E-state index is -0.480. The highest BCUT2D eigenvalue weighted by atomic mass is 16.5. The van der Waals surface area contributed by atoms with Crippen molar-refractivity contribution in [1.29, 1.82) is 0 Å². The van der Waals surface area contributed by atoms with Crippen LogP contribution in [0, 0.1) is 11.8 Å². The van der Waals surface area contributed by atoms with Gasteiger partial charge in [0, 0.05) is 39.4 Å². The fourth-order valence-electron chi connectivity index (χ4n) is 4.64. The molecular formula is C23H42N4O5. The molecule has 1 aliphatic heterocycles. The number of ether oxygens (including phenoxy) is 2. The van der Waals surface area contributed by atoms with Gasteiger partial charge >= 0.3 is 0 Å². The molecule has 9 heteroatoms. The van der Waals surface area contributed by atoms with Gasteiger partial charge in [-0.05, 0) is 18.8 Å². The molecule has 1 heterocycles. The zero-order valence-corrected chi connectivity index (χ0v) is 20.5. The second-order valence-corrected chi connectivity index (χ2v) is 8.72. The lowest BCUT2D eigenvalue weighted by Gasteiger charge is -2.39. The molecule has 0 saturated carbocycles. The fraction of sp³-hybridized carbons (Fsp3) is 0.783. The molecule has 1 rings (SSSR count). The van der Waals surface area contributed by atoms with Gasteiger partial charge in [0.15, 0.2) is 0 Å². The molecule has 0 spiro atoms. The Hall–Kier alpha value is -2.13. The van der Waals surface area contributed by atoms with Gasteiger partial charge in [0.05, 0.1) is 37.3 Å². The maximum Gasteiger partial charge on any atom is 0.242 e. The predicted molar refractivity (Wildman–Crippen MR) is 124 cm³/mol. The third-order valence-corrected chi connectivity index (χ3v) is 6.81. The molecule has 0 aromatic heterocycles. The van der Waals surface area contributed by atoms with Crippen molar-refractivity contribution in [1.82, 2.24) is 15.1 Å². The molecule has 1 fully saturated rings. The van der Waals surface area contributed by atoms with E-state index in [0.717, 1.165) is 19.3 Å². The van der Waals surface area contributed by atoms with Gasteiger partial charge in [-0.15, -0.1) is 0 Å². The number of nitrogens with zero attached hydrogens (tertiary/aromatic N) is 2. The first-order valence-corrected chi connectivity index (χ1v) is 11.4. The van der Waals surface area contributed by atoms with Crippen molar-refractivity contribution < 1.29 is 23.9 Å². The standard InChI is InChI=1S/C23H42N4O5/c1-8-15(2)22(26(5)21(30)13-25-14-28)19(31-6)12-20(29)27-11-9-10-18(27)23(32-7)16(3)17(4)24/h14-16,18-19,22-23H,4,8-13,24H2,1-3,5-7H3,(H,25,28). The van der Waals surface area contributed by atoms with Crippen LogP contribution in [0.5, 0.6) is 0 Å². The summed E-state index contributed by atoms with van der Waals surface area (Å²) < 4.78 is 11.5. The molecule has 3 N–H and O–H groups in total. The Morgan fingerprint density at radius 2 is 1.97 bits per heavy atom. The van der Waals surface area contributed by atoms with Crippen molar-refractivity contribution in [3.63, 3.8) is 0 Å². The van der Waals surface area contributed by atoms with Crippen molar-refractivity contribution in [2.24, 2.45) is 17.6 Å². The second-order valence-electron chi connectivity index (χ2n) is 8.72. The molecule has 1 saturated heterocycles. The van der Waals surface area contributed by atoms with Crippen LogP contribution in [0.4, 0.5) is 0 Å². The zero-order chi connectivity index (χ0) is 24.4. The van der Waals surface area contributed by atoms with Crippen LogP contribution in [-0.4, -0.2) is 86.7 Å². The number of nitrogens with two attached hydrogens (primary N) is 1. The Morgan fingerprint density at radius 3 is 2.47 bits per heavy atom. The van der Waals surface area contributed by atoms with E-state index < -0.39 is 6.10 Å². The number of methoxy groups -OCH3 is 2. The van der Waals surface area contributed by atoms with Gasteiger partial charge in [-0.2, -0.15) is 0 Å². The summed E-state index contributed by atoms with van der Waals surface area (Å²) in [6.07, 6.45) is 2.47. The monoisotopic (exact) mass is 454 g/mol. The number of rotatable bonds is 14. The van der Waals surface area contributed by atoms with E-state index in [1.165, 1.54) is 0 Å². The number of hydrogen-bond acceptors (Lipinski definition) is 6. The topological polar surface area (TPSA) is 114 Å². The Bertz CT molecular complexity index is 644. The van der Waals surface area contributed by atoms with Gasteiger partial charge in [0.1, 0.15) is 0 Å². The lowest BCUT2D eigenvalue weighted by atomic mass is 9.90. The molecule has 6 atom stereocenters. The van der Waals surface area contributed by atoms with E-state index in [1.807, 2.05) is 25.7 Å². The Balaban J connectivity index is 3.04. The van der Waals surface area contributed by atoms with Crippen LogP contribution in [0.25, 0.3) is 0 Å². The number of nitrogens with one attached hydrogen (secondary N) is 1. The van der Waals surface area contributed by atoms with Gasteiger partial charge in [-0.3, -0.25) is 14.4 Å². The van der Waals surface area contributed by atoms with Gasteiger partial charge < -0.3 is 30.3 Å². The highest BCUT2D eigenvalue weighted by Crippen LogP contribution is 2.30. The van der Waals surface area contributed by atoms with Crippen molar-refractivity contribution in [2.75, 3.05) is 34.4 Å². The molecule has 9 nitrogen and oxygen atoms in total. The summed E-state index contributed by atoms with van der Waals surface area (Å²) in [5.74, 6) is -0.250. The highest BCUT2D eigenvalue weighted by Gasteiger charge is 2.40. The Labute approximate surface area is 192 Å². The smallest absolute Gasteiger partial charge is 0.242 e. The average molecular weight is 455 g/mol. The summed E-state index contributed by atoms with van der Waals surface area (Å²) in [6.45, 7) is 10.4. The molecule has 32 heavy (non-hydrogen) atoms. The number of likely N-dealkylation sites (N-methyl/N-ethyl adjacent to an activating group) is 1. The molecule has 6 unspecified atom stereocenters. The van der Waals surface area contributed by atoms with Crippen LogP contribution < -0.4 is 11.1 Å². The lowest BCUT2D eigenvalue weighted by Crippen LogP contribution is -2.53. The predicted octanol–water partition coefficient (Wildman–Crippen LogP) is 1.13. The van der Waals surface area contributed by atoms with E-state index in [2.05, 4.69) is 11.9 Å². The summed E-state index contributed by atoms with van der Waals surface area (Å²) in [4.78, 5) is 40.0.